The van der Waals surface area contributed by atoms with Gasteiger partial charge in [-0.15, -0.1) is 0 Å². The second-order valence-corrected chi connectivity index (χ2v) is 4.10. The second kappa shape index (κ2) is 4.55. The van der Waals surface area contributed by atoms with Gasteiger partial charge in [-0.2, -0.15) is 4.98 Å². The van der Waals surface area contributed by atoms with Crippen LogP contribution in [0.5, 0.6) is 0 Å². The van der Waals surface area contributed by atoms with Crippen LogP contribution >= 0.6 is 0 Å². The van der Waals surface area contributed by atoms with Crippen molar-refractivity contribution >= 4 is 11.8 Å². The first-order valence-corrected chi connectivity index (χ1v) is 5.84. The van der Waals surface area contributed by atoms with E-state index in [4.69, 9.17) is 5.73 Å². The van der Waals surface area contributed by atoms with Gasteiger partial charge in [0.25, 0.3) is 5.56 Å². The van der Waals surface area contributed by atoms with Gasteiger partial charge in [-0.05, 0) is 26.2 Å². The number of nitrogens with two attached hydrogens (primary N) is 1. The monoisotopic (exact) mass is 222 g/mol. The molecule has 5 heteroatoms. The van der Waals surface area contributed by atoms with Crippen LogP contribution in [0.3, 0.4) is 0 Å². The molecule has 2 N–H and O–H groups in total. The summed E-state index contributed by atoms with van der Waals surface area (Å²) in [6, 6.07) is 1.59. The Bertz CT molecular complexity index is 420. The van der Waals surface area contributed by atoms with Crippen LogP contribution in [0.2, 0.25) is 0 Å². The predicted octanol–water partition coefficient (Wildman–Crippen LogP) is 0.836. The number of piperidine rings is 1. The fraction of sp³-hybridized carbons (Fsp3) is 0.636. The summed E-state index contributed by atoms with van der Waals surface area (Å²) in [7, 11) is 0. The minimum absolute atomic E-state index is 0.0597. The highest BCUT2D eigenvalue weighted by atomic mass is 16.1. The maximum absolute atomic E-state index is 11.8. The summed E-state index contributed by atoms with van der Waals surface area (Å²) in [6.07, 6.45) is 3.59. The van der Waals surface area contributed by atoms with Crippen molar-refractivity contribution in [3.63, 3.8) is 0 Å². The lowest BCUT2D eigenvalue weighted by Gasteiger charge is -2.27. The first-order valence-electron chi connectivity index (χ1n) is 5.84. The first kappa shape index (κ1) is 11.0. The Balaban J connectivity index is 2.31. The maximum Gasteiger partial charge on any atom is 0.256 e. The van der Waals surface area contributed by atoms with E-state index in [0.717, 1.165) is 18.9 Å². The summed E-state index contributed by atoms with van der Waals surface area (Å²) in [5, 5.41) is 0. The molecular weight excluding hydrogens is 204 g/mol. The van der Waals surface area contributed by atoms with Crippen LogP contribution in [-0.4, -0.2) is 22.6 Å². The Morgan fingerprint density at radius 3 is 2.62 bits per heavy atom. The van der Waals surface area contributed by atoms with E-state index in [1.165, 1.54) is 23.8 Å². The molecule has 0 amide bonds. The zero-order chi connectivity index (χ0) is 11.5. The van der Waals surface area contributed by atoms with Crippen LogP contribution in [0.25, 0.3) is 0 Å². The number of aromatic nitrogens is 2. The van der Waals surface area contributed by atoms with Gasteiger partial charge in [-0.3, -0.25) is 9.36 Å². The first-order chi connectivity index (χ1) is 7.72. The van der Waals surface area contributed by atoms with Crippen molar-refractivity contribution in [2.24, 2.45) is 0 Å². The van der Waals surface area contributed by atoms with Gasteiger partial charge in [0, 0.05) is 25.7 Å². The molecule has 0 radical (unpaired) electrons. The van der Waals surface area contributed by atoms with Gasteiger partial charge in [0.15, 0.2) is 0 Å². The van der Waals surface area contributed by atoms with Crippen molar-refractivity contribution in [2.45, 2.75) is 32.7 Å². The van der Waals surface area contributed by atoms with Crippen molar-refractivity contribution in [3.05, 3.63) is 16.4 Å². The Kier molecular flexibility index (Phi) is 3.12. The molecule has 0 aromatic carbocycles. The van der Waals surface area contributed by atoms with Crippen molar-refractivity contribution in [3.8, 4) is 0 Å². The molecule has 5 nitrogen and oxygen atoms in total. The van der Waals surface area contributed by atoms with Crippen molar-refractivity contribution < 1.29 is 0 Å². The Morgan fingerprint density at radius 1 is 1.38 bits per heavy atom. The predicted molar refractivity (Wildman–Crippen MR) is 64.6 cm³/mol. The van der Waals surface area contributed by atoms with E-state index < -0.39 is 0 Å². The molecule has 2 rings (SSSR count). The van der Waals surface area contributed by atoms with E-state index in [9.17, 15) is 4.79 Å². The molecule has 1 aliphatic heterocycles. The zero-order valence-electron chi connectivity index (χ0n) is 9.65. The highest BCUT2D eigenvalue weighted by Crippen LogP contribution is 2.16. The highest BCUT2D eigenvalue weighted by molar-refractivity contribution is 5.41. The summed E-state index contributed by atoms with van der Waals surface area (Å²) in [6.45, 7) is 4.40. The summed E-state index contributed by atoms with van der Waals surface area (Å²) < 4.78 is 1.48. The van der Waals surface area contributed by atoms with Crippen LogP contribution < -0.4 is 16.2 Å². The third-order valence-electron chi connectivity index (χ3n) is 3.02. The van der Waals surface area contributed by atoms with Gasteiger partial charge >= 0.3 is 0 Å². The number of nitrogen functional groups attached to an aromatic ring is 1. The third kappa shape index (κ3) is 2.03. The Morgan fingerprint density at radius 2 is 2.06 bits per heavy atom. The number of rotatable bonds is 2. The molecule has 0 unspecified atom stereocenters. The molecule has 0 atom stereocenters. The molecule has 0 bridgehead atoms. The molecule has 1 aliphatic rings. The molecule has 16 heavy (non-hydrogen) atoms. The van der Waals surface area contributed by atoms with Gasteiger partial charge in [0.2, 0.25) is 5.95 Å². The largest absolute Gasteiger partial charge is 0.369 e. The minimum atomic E-state index is -0.0597. The van der Waals surface area contributed by atoms with E-state index in [1.54, 1.807) is 6.07 Å². The molecule has 1 fully saturated rings. The van der Waals surface area contributed by atoms with E-state index in [2.05, 4.69) is 9.88 Å². The fourth-order valence-electron chi connectivity index (χ4n) is 2.11. The molecule has 1 saturated heterocycles. The Hall–Kier alpha value is -1.52. The molecule has 0 saturated carbocycles. The fourth-order valence-corrected chi connectivity index (χ4v) is 2.11. The lowest BCUT2D eigenvalue weighted by molar-refractivity contribution is 0.571. The number of hydrogen-bond donors (Lipinski definition) is 1. The summed E-state index contributed by atoms with van der Waals surface area (Å²) in [5.41, 5.74) is 5.70. The van der Waals surface area contributed by atoms with Gasteiger partial charge in [0.1, 0.15) is 5.82 Å². The quantitative estimate of drug-likeness (QED) is 0.805. The maximum atomic E-state index is 11.8. The summed E-state index contributed by atoms with van der Waals surface area (Å²) in [4.78, 5) is 18.2. The van der Waals surface area contributed by atoms with Gasteiger partial charge < -0.3 is 10.6 Å². The van der Waals surface area contributed by atoms with Crippen molar-refractivity contribution in [1.82, 2.24) is 9.55 Å². The SMILES string of the molecule is CCn1c(N)nc(N2CCCCC2)cc1=O. The number of nitrogens with zero attached hydrogens (tertiary/aromatic N) is 3. The Labute approximate surface area is 94.9 Å². The standard InChI is InChI=1S/C11H18N4O/c1-2-15-10(16)8-9(13-11(15)12)14-6-4-3-5-7-14/h8H,2-7H2,1H3,(H2,12,13). The second-order valence-electron chi connectivity index (χ2n) is 4.10. The van der Waals surface area contributed by atoms with Gasteiger partial charge in [-0.25, -0.2) is 0 Å². The van der Waals surface area contributed by atoms with E-state index in [-0.39, 0.29) is 5.56 Å². The normalized spacial score (nSPS) is 16.4. The lowest BCUT2D eigenvalue weighted by atomic mass is 10.1. The topological polar surface area (TPSA) is 64.2 Å². The summed E-state index contributed by atoms with van der Waals surface area (Å²) in [5.74, 6) is 1.04. The molecule has 2 heterocycles. The van der Waals surface area contributed by atoms with E-state index in [1.807, 2.05) is 6.92 Å². The van der Waals surface area contributed by atoms with Crippen LogP contribution in [0, 0.1) is 0 Å². The number of hydrogen-bond acceptors (Lipinski definition) is 4. The lowest BCUT2D eigenvalue weighted by Crippen LogP contribution is -2.33. The summed E-state index contributed by atoms with van der Waals surface area (Å²) >= 11 is 0. The molecule has 0 spiro atoms. The average Bonchev–Trinajstić information content (AvgIpc) is 2.30. The van der Waals surface area contributed by atoms with Gasteiger partial charge in [0.05, 0.1) is 0 Å². The van der Waals surface area contributed by atoms with Gasteiger partial charge in [-0.1, -0.05) is 0 Å². The average molecular weight is 222 g/mol. The molecular formula is C11H18N4O. The van der Waals surface area contributed by atoms with Crippen LogP contribution in [0.1, 0.15) is 26.2 Å². The zero-order valence-corrected chi connectivity index (χ0v) is 9.65. The highest BCUT2D eigenvalue weighted by Gasteiger charge is 2.14. The smallest absolute Gasteiger partial charge is 0.256 e. The van der Waals surface area contributed by atoms with Crippen molar-refractivity contribution in [1.29, 1.82) is 0 Å². The van der Waals surface area contributed by atoms with Crippen LogP contribution in [0.4, 0.5) is 11.8 Å². The molecule has 1 aromatic rings. The third-order valence-corrected chi connectivity index (χ3v) is 3.02. The van der Waals surface area contributed by atoms with Crippen LogP contribution in [0.15, 0.2) is 10.9 Å². The van der Waals surface area contributed by atoms with Crippen LogP contribution in [-0.2, 0) is 6.54 Å². The van der Waals surface area contributed by atoms with E-state index >= 15 is 0 Å². The minimum Gasteiger partial charge on any atom is -0.369 e. The number of anilines is 2. The molecule has 88 valence electrons. The molecule has 1 aromatic heterocycles. The van der Waals surface area contributed by atoms with E-state index in [0.29, 0.717) is 12.5 Å². The molecule has 0 aliphatic carbocycles. The van der Waals surface area contributed by atoms with Crippen molar-refractivity contribution in [2.75, 3.05) is 23.7 Å².